The van der Waals surface area contributed by atoms with Crippen LogP contribution >= 0.6 is 0 Å². The number of imide groups is 1. The van der Waals surface area contributed by atoms with Crippen molar-refractivity contribution in [1.82, 2.24) is 9.55 Å². The topological polar surface area (TPSA) is 139 Å². The number of carbonyl (C=O) groups is 3. The Balaban J connectivity index is 2.00. The zero-order valence-corrected chi connectivity index (χ0v) is 18.2. The maximum absolute atomic E-state index is 13.4. The van der Waals surface area contributed by atoms with Gasteiger partial charge in [-0.05, 0) is 37.1 Å². The van der Waals surface area contributed by atoms with Crippen molar-refractivity contribution in [2.24, 2.45) is 0 Å². The summed E-state index contributed by atoms with van der Waals surface area (Å²) in [6.45, 7) is 4.36. The number of aromatic nitrogens is 2. The number of unbranched alkanes of at least 4 members (excludes halogenated alkanes) is 1. The lowest BCUT2D eigenvalue weighted by atomic mass is 10.1. The molecule has 0 spiro atoms. The molecule has 1 fully saturated rings. The number of aromatic amines is 1. The SMILES string of the molecule is CCCCN(C(=O)c1ccc(N2C(=O)CCC2=O)cc1)c1c(N)n(CCC)c(=O)[nH]c1=O. The summed E-state index contributed by atoms with van der Waals surface area (Å²) >= 11 is 0. The van der Waals surface area contributed by atoms with Crippen LogP contribution in [0.2, 0.25) is 0 Å². The van der Waals surface area contributed by atoms with Gasteiger partial charge in [-0.3, -0.25) is 33.6 Å². The van der Waals surface area contributed by atoms with E-state index < -0.39 is 17.2 Å². The molecule has 10 nitrogen and oxygen atoms in total. The highest BCUT2D eigenvalue weighted by Gasteiger charge is 2.31. The average molecular weight is 441 g/mol. The number of amides is 3. The van der Waals surface area contributed by atoms with Crippen LogP contribution in [0.1, 0.15) is 56.3 Å². The second kappa shape index (κ2) is 9.63. The van der Waals surface area contributed by atoms with Gasteiger partial charge in [0.2, 0.25) is 11.8 Å². The summed E-state index contributed by atoms with van der Waals surface area (Å²) in [5, 5.41) is 0. The van der Waals surface area contributed by atoms with Crippen molar-refractivity contribution in [1.29, 1.82) is 0 Å². The van der Waals surface area contributed by atoms with E-state index in [1.165, 1.54) is 33.7 Å². The Morgan fingerprint density at radius 1 is 1.03 bits per heavy atom. The standard InChI is InChI=1S/C22H27N5O5/c1-3-5-13-25(18-19(23)26(12-4-2)22(32)24-20(18)30)21(31)14-6-8-15(9-7-14)27-16(28)10-11-17(27)29/h6-9H,3-5,10-13,23H2,1-2H3,(H,24,30,32). The smallest absolute Gasteiger partial charge is 0.330 e. The van der Waals surface area contributed by atoms with Gasteiger partial charge in [-0.15, -0.1) is 0 Å². The molecule has 1 aromatic heterocycles. The van der Waals surface area contributed by atoms with Crippen molar-refractivity contribution < 1.29 is 14.4 Å². The molecule has 3 rings (SSSR count). The number of nitrogens with two attached hydrogens (primary N) is 1. The highest BCUT2D eigenvalue weighted by atomic mass is 16.2. The summed E-state index contributed by atoms with van der Waals surface area (Å²) in [4.78, 5) is 66.7. The van der Waals surface area contributed by atoms with E-state index >= 15 is 0 Å². The van der Waals surface area contributed by atoms with Crippen LogP contribution in [0.25, 0.3) is 0 Å². The molecule has 3 amide bonds. The van der Waals surface area contributed by atoms with E-state index in [0.717, 1.165) is 11.3 Å². The fraction of sp³-hybridized carbons (Fsp3) is 0.409. The number of anilines is 3. The van der Waals surface area contributed by atoms with E-state index in [-0.39, 0.29) is 48.3 Å². The summed E-state index contributed by atoms with van der Waals surface area (Å²) in [5.74, 6) is -1.09. The Kier molecular flexibility index (Phi) is 6.92. The zero-order valence-electron chi connectivity index (χ0n) is 18.2. The number of nitrogen functional groups attached to an aromatic ring is 1. The number of carbonyl (C=O) groups excluding carboxylic acids is 3. The Hall–Kier alpha value is -3.69. The molecule has 1 aromatic carbocycles. The minimum absolute atomic E-state index is 0.0602. The number of rotatable bonds is 8. The molecule has 2 heterocycles. The number of hydrogen-bond donors (Lipinski definition) is 2. The van der Waals surface area contributed by atoms with Gasteiger partial charge in [-0.25, -0.2) is 4.79 Å². The van der Waals surface area contributed by atoms with Gasteiger partial charge in [0.15, 0.2) is 5.69 Å². The Labute approximate surface area is 184 Å². The van der Waals surface area contributed by atoms with Crippen molar-refractivity contribution in [2.75, 3.05) is 22.1 Å². The quantitative estimate of drug-likeness (QED) is 0.597. The first kappa shape index (κ1) is 23.0. The van der Waals surface area contributed by atoms with Gasteiger partial charge in [-0.2, -0.15) is 0 Å². The highest BCUT2D eigenvalue weighted by molar-refractivity contribution is 6.20. The lowest BCUT2D eigenvalue weighted by Gasteiger charge is -2.24. The first-order valence-corrected chi connectivity index (χ1v) is 10.7. The predicted molar refractivity (Wildman–Crippen MR) is 121 cm³/mol. The summed E-state index contributed by atoms with van der Waals surface area (Å²) in [6, 6.07) is 6.06. The van der Waals surface area contributed by atoms with Gasteiger partial charge < -0.3 is 10.6 Å². The molecular formula is C22H27N5O5. The first-order valence-electron chi connectivity index (χ1n) is 10.7. The molecule has 170 valence electrons. The third kappa shape index (κ3) is 4.34. The molecule has 0 atom stereocenters. The molecule has 1 aliphatic heterocycles. The van der Waals surface area contributed by atoms with Gasteiger partial charge in [0.25, 0.3) is 11.5 Å². The maximum Gasteiger partial charge on any atom is 0.330 e. The second-order valence-corrected chi connectivity index (χ2v) is 7.62. The molecule has 0 aliphatic carbocycles. The largest absolute Gasteiger partial charge is 0.383 e. The molecule has 2 aromatic rings. The van der Waals surface area contributed by atoms with Crippen LogP contribution in [0, 0.1) is 0 Å². The Morgan fingerprint density at radius 3 is 2.22 bits per heavy atom. The van der Waals surface area contributed by atoms with E-state index in [4.69, 9.17) is 5.73 Å². The Bertz CT molecular complexity index is 1130. The lowest BCUT2D eigenvalue weighted by molar-refractivity contribution is -0.121. The van der Waals surface area contributed by atoms with Crippen molar-refractivity contribution in [3.8, 4) is 0 Å². The first-order chi connectivity index (χ1) is 15.3. The number of hydrogen-bond acceptors (Lipinski definition) is 6. The van der Waals surface area contributed by atoms with Gasteiger partial charge >= 0.3 is 5.69 Å². The molecule has 32 heavy (non-hydrogen) atoms. The van der Waals surface area contributed by atoms with Crippen LogP contribution in [-0.4, -0.2) is 33.8 Å². The Morgan fingerprint density at radius 2 is 1.66 bits per heavy atom. The van der Waals surface area contributed by atoms with Crippen LogP contribution in [0.4, 0.5) is 17.2 Å². The van der Waals surface area contributed by atoms with Crippen LogP contribution in [0.5, 0.6) is 0 Å². The van der Waals surface area contributed by atoms with E-state index in [2.05, 4.69) is 4.98 Å². The monoisotopic (exact) mass is 441 g/mol. The fourth-order valence-electron chi connectivity index (χ4n) is 3.69. The summed E-state index contributed by atoms with van der Waals surface area (Å²) < 4.78 is 1.25. The van der Waals surface area contributed by atoms with E-state index in [9.17, 15) is 24.0 Å². The normalized spacial score (nSPS) is 13.6. The predicted octanol–water partition coefficient (Wildman–Crippen LogP) is 1.63. The van der Waals surface area contributed by atoms with Gasteiger partial charge in [0.05, 0.1) is 5.69 Å². The molecule has 0 radical (unpaired) electrons. The average Bonchev–Trinajstić information content (AvgIpc) is 3.11. The number of nitrogens with one attached hydrogen (secondary N) is 1. The lowest BCUT2D eigenvalue weighted by Crippen LogP contribution is -2.41. The van der Waals surface area contributed by atoms with Crippen LogP contribution in [-0.2, 0) is 16.1 Å². The molecule has 0 saturated carbocycles. The zero-order chi connectivity index (χ0) is 23.4. The van der Waals surface area contributed by atoms with Crippen LogP contribution in [0.3, 0.4) is 0 Å². The summed E-state index contributed by atoms with van der Waals surface area (Å²) in [6.07, 6.45) is 2.34. The van der Waals surface area contributed by atoms with Gasteiger partial charge in [0, 0.05) is 31.5 Å². The molecule has 10 heteroatoms. The third-order valence-electron chi connectivity index (χ3n) is 5.34. The third-order valence-corrected chi connectivity index (χ3v) is 5.34. The summed E-state index contributed by atoms with van der Waals surface area (Å²) in [5.41, 5.74) is 5.40. The van der Waals surface area contributed by atoms with Crippen LogP contribution in [0.15, 0.2) is 33.9 Å². The van der Waals surface area contributed by atoms with Crippen molar-refractivity contribution in [3.63, 3.8) is 0 Å². The fourth-order valence-corrected chi connectivity index (χ4v) is 3.69. The van der Waals surface area contributed by atoms with Crippen molar-refractivity contribution in [3.05, 3.63) is 50.7 Å². The van der Waals surface area contributed by atoms with E-state index in [1.54, 1.807) is 0 Å². The van der Waals surface area contributed by atoms with E-state index in [0.29, 0.717) is 25.1 Å². The van der Waals surface area contributed by atoms with E-state index in [1.807, 2.05) is 13.8 Å². The van der Waals surface area contributed by atoms with Gasteiger partial charge in [0.1, 0.15) is 5.82 Å². The molecule has 1 aliphatic rings. The van der Waals surface area contributed by atoms with Crippen LogP contribution < -0.4 is 26.8 Å². The molecule has 0 unspecified atom stereocenters. The number of nitrogens with zero attached hydrogens (tertiary/aromatic N) is 3. The minimum Gasteiger partial charge on any atom is -0.383 e. The maximum atomic E-state index is 13.4. The molecule has 1 saturated heterocycles. The van der Waals surface area contributed by atoms with Crippen molar-refractivity contribution >= 4 is 34.9 Å². The van der Waals surface area contributed by atoms with Crippen molar-refractivity contribution in [2.45, 2.75) is 52.5 Å². The minimum atomic E-state index is -0.728. The second-order valence-electron chi connectivity index (χ2n) is 7.62. The number of benzene rings is 1. The molecule has 3 N–H and O–H groups in total. The summed E-state index contributed by atoms with van der Waals surface area (Å²) in [7, 11) is 0. The highest BCUT2D eigenvalue weighted by Crippen LogP contribution is 2.25. The molecular weight excluding hydrogens is 414 g/mol. The van der Waals surface area contributed by atoms with Gasteiger partial charge in [-0.1, -0.05) is 20.3 Å². The number of H-pyrrole nitrogens is 1. The molecule has 0 bridgehead atoms.